The zero-order valence-corrected chi connectivity index (χ0v) is 6.54. The predicted molar refractivity (Wildman–Crippen MR) is 39.7 cm³/mol. The third-order valence-electron chi connectivity index (χ3n) is 1.10. The van der Waals surface area contributed by atoms with Crippen LogP contribution in [0.25, 0.3) is 0 Å². The number of nitrogen functional groups attached to an aromatic ring is 1. The van der Waals surface area contributed by atoms with Crippen LogP contribution >= 0.6 is 0 Å². The summed E-state index contributed by atoms with van der Waals surface area (Å²) in [5.74, 6) is -0.369. The number of rotatable bonds is 4. The van der Waals surface area contributed by atoms with Crippen LogP contribution in [0.3, 0.4) is 0 Å². The number of nitrogens with two attached hydrogens (primary N) is 1. The average molecular weight is 191 g/mol. The number of hydrogen-bond donors (Lipinski definition) is 1. The summed E-state index contributed by atoms with van der Waals surface area (Å²) in [5.41, 5.74) is 5.19. The van der Waals surface area contributed by atoms with Crippen molar-refractivity contribution in [1.29, 1.82) is 0 Å². The maximum atomic E-state index is 11.7. The molecule has 0 spiro atoms. The molecule has 1 rings (SSSR count). The van der Waals surface area contributed by atoms with Gasteiger partial charge in [0, 0.05) is 0 Å². The van der Waals surface area contributed by atoms with Crippen LogP contribution in [0.1, 0.15) is 0 Å². The summed E-state index contributed by atoms with van der Waals surface area (Å²) in [5, 5.41) is 0. The topological polar surface area (TPSA) is 70.3 Å². The third kappa shape index (κ3) is 2.69. The minimum atomic E-state index is -1.05. The lowest BCUT2D eigenvalue weighted by atomic mass is 10.6. The third-order valence-corrected chi connectivity index (χ3v) is 1.10. The van der Waals surface area contributed by atoms with Gasteiger partial charge in [0.15, 0.2) is 0 Å². The van der Waals surface area contributed by atoms with Gasteiger partial charge in [-0.2, -0.15) is 9.97 Å². The fourth-order valence-electron chi connectivity index (χ4n) is 0.681. The molecule has 0 aromatic carbocycles. The van der Waals surface area contributed by atoms with Crippen molar-refractivity contribution in [3.05, 3.63) is 6.07 Å². The van der Waals surface area contributed by atoms with Crippen LogP contribution in [0.4, 0.5) is 14.7 Å². The number of anilines is 1. The van der Waals surface area contributed by atoms with E-state index in [-0.39, 0.29) is 17.7 Å². The summed E-state index contributed by atoms with van der Waals surface area (Å²) in [6.07, 6.45) is 0. The standard InChI is InChI=1S/C6H7F2N3O2/c7-2-12-4-1-5(13-3-8)11-6(9)10-4/h1H,2-3H2,(H2,9,10,11). The van der Waals surface area contributed by atoms with Gasteiger partial charge in [-0.15, -0.1) is 0 Å². The van der Waals surface area contributed by atoms with E-state index in [1.807, 2.05) is 0 Å². The highest BCUT2D eigenvalue weighted by atomic mass is 19.1. The fourth-order valence-corrected chi connectivity index (χ4v) is 0.681. The van der Waals surface area contributed by atoms with Crippen LogP contribution in [0.15, 0.2) is 6.07 Å². The summed E-state index contributed by atoms with van der Waals surface area (Å²) in [6, 6.07) is 1.13. The molecule has 0 fully saturated rings. The molecule has 0 aliphatic rings. The second kappa shape index (κ2) is 4.39. The van der Waals surface area contributed by atoms with Crippen LogP contribution in [0.5, 0.6) is 11.8 Å². The molecule has 0 saturated heterocycles. The molecule has 1 heterocycles. The summed E-state index contributed by atoms with van der Waals surface area (Å²) < 4.78 is 32.1. The zero-order chi connectivity index (χ0) is 9.68. The molecule has 13 heavy (non-hydrogen) atoms. The van der Waals surface area contributed by atoms with E-state index in [4.69, 9.17) is 5.73 Å². The highest BCUT2D eigenvalue weighted by molar-refractivity contribution is 5.29. The first-order chi connectivity index (χ1) is 6.26. The van der Waals surface area contributed by atoms with Crippen LogP contribution < -0.4 is 15.2 Å². The van der Waals surface area contributed by atoms with E-state index in [2.05, 4.69) is 19.4 Å². The molecule has 0 amide bonds. The van der Waals surface area contributed by atoms with Gasteiger partial charge in [0.2, 0.25) is 31.4 Å². The number of ether oxygens (including phenoxy) is 2. The van der Waals surface area contributed by atoms with Gasteiger partial charge in [0.05, 0.1) is 6.07 Å². The number of aromatic nitrogens is 2. The molecule has 0 unspecified atom stereocenters. The molecule has 0 bridgehead atoms. The van der Waals surface area contributed by atoms with Crippen molar-refractivity contribution in [1.82, 2.24) is 9.97 Å². The van der Waals surface area contributed by atoms with Crippen molar-refractivity contribution < 1.29 is 18.3 Å². The molecule has 1 aromatic rings. The molecule has 7 heteroatoms. The van der Waals surface area contributed by atoms with Gasteiger partial charge in [0.1, 0.15) is 0 Å². The van der Waals surface area contributed by atoms with Crippen LogP contribution in [0.2, 0.25) is 0 Å². The Morgan fingerprint density at radius 2 is 1.62 bits per heavy atom. The van der Waals surface area contributed by atoms with Crippen molar-refractivity contribution in [2.24, 2.45) is 0 Å². The van der Waals surface area contributed by atoms with Crippen LogP contribution in [-0.4, -0.2) is 23.7 Å². The first-order valence-electron chi connectivity index (χ1n) is 3.28. The Balaban J connectivity index is 2.83. The van der Waals surface area contributed by atoms with Crippen molar-refractivity contribution in [2.45, 2.75) is 0 Å². The lowest BCUT2D eigenvalue weighted by Gasteiger charge is -2.03. The molecule has 2 N–H and O–H groups in total. The Morgan fingerprint density at radius 1 is 1.15 bits per heavy atom. The SMILES string of the molecule is Nc1nc(OCF)cc(OCF)n1. The summed E-state index contributed by atoms with van der Waals surface area (Å²) in [7, 11) is 0. The first-order valence-corrected chi connectivity index (χ1v) is 3.28. The average Bonchev–Trinajstić information content (AvgIpc) is 2.04. The Morgan fingerprint density at radius 3 is 2.00 bits per heavy atom. The van der Waals surface area contributed by atoms with E-state index in [1.54, 1.807) is 0 Å². The van der Waals surface area contributed by atoms with E-state index >= 15 is 0 Å². The Hall–Kier alpha value is -1.66. The number of halogens is 2. The zero-order valence-electron chi connectivity index (χ0n) is 6.54. The Bertz CT molecular complexity index is 260. The van der Waals surface area contributed by atoms with E-state index in [9.17, 15) is 8.78 Å². The number of hydrogen-bond acceptors (Lipinski definition) is 5. The second-order valence-electron chi connectivity index (χ2n) is 1.91. The van der Waals surface area contributed by atoms with Crippen LogP contribution in [-0.2, 0) is 0 Å². The predicted octanol–water partition coefficient (Wildman–Crippen LogP) is 0.670. The van der Waals surface area contributed by atoms with Gasteiger partial charge in [-0.3, -0.25) is 0 Å². The van der Waals surface area contributed by atoms with Gasteiger partial charge < -0.3 is 15.2 Å². The molecule has 0 saturated carbocycles. The molecule has 0 aliphatic heterocycles. The van der Waals surface area contributed by atoms with E-state index < -0.39 is 13.7 Å². The Labute approximate surface area is 72.5 Å². The van der Waals surface area contributed by atoms with Gasteiger partial charge in [-0.05, 0) is 0 Å². The van der Waals surface area contributed by atoms with Crippen molar-refractivity contribution >= 4 is 5.95 Å². The summed E-state index contributed by atoms with van der Waals surface area (Å²) >= 11 is 0. The number of alkyl halides is 2. The van der Waals surface area contributed by atoms with E-state index in [0.717, 1.165) is 6.07 Å². The Kier molecular flexibility index (Phi) is 3.18. The van der Waals surface area contributed by atoms with Crippen LogP contribution in [0, 0.1) is 0 Å². The van der Waals surface area contributed by atoms with Gasteiger partial charge in [0.25, 0.3) is 0 Å². The number of nitrogens with zero attached hydrogens (tertiary/aromatic N) is 2. The monoisotopic (exact) mass is 191 g/mol. The summed E-state index contributed by atoms with van der Waals surface area (Å²) in [4.78, 5) is 7.02. The van der Waals surface area contributed by atoms with Crippen molar-refractivity contribution in [3.63, 3.8) is 0 Å². The molecule has 1 aromatic heterocycles. The highest BCUT2D eigenvalue weighted by Gasteiger charge is 2.03. The normalized spacial score (nSPS) is 9.69. The first kappa shape index (κ1) is 9.43. The molecule has 72 valence electrons. The van der Waals surface area contributed by atoms with Crippen molar-refractivity contribution in [2.75, 3.05) is 19.5 Å². The van der Waals surface area contributed by atoms with E-state index in [1.165, 1.54) is 0 Å². The lowest BCUT2D eigenvalue weighted by molar-refractivity contribution is 0.173. The quantitative estimate of drug-likeness (QED) is 0.757. The largest absolute Gasteiger partial charge is 0.446 e. The fraction of sp³-hybridized carbons (Fsp3) is 0.333. The minimum absolute atomic E-state index is 0.0987. The molecule has 5 nitrogen and oxygen atoms in total. The molecule has 0 atom stereocenters. The van der Waals surface area contributed by atoms with Gasteiger partial charge in [-0.25, -0.2) is 8.78 Å². The van der Waals surface area contributed by atoms with Gasteiger partial charge in [-0.1, -0.05) is 0 Å². The maximum absolute atomic E-state index is 11.7. The molecular formula is C6H7F2N3O2. The smallest absolute Gasteiger partial charge is 0.230 e. The second-order valence-corrected chi connectivity index (χ2v) is 1.91. The van der Waals surface area contributed by atoms with Crippen molar-refractivity contribution in [3.8, 4) is 11.8 Å². The molecule has 0 radical (unpaired) electrons. The summed E-state index contributed by atoms with van der Waals surface area (Å²) in [6.45, 7) is -2.10. The minimum Gasteiger partial charge on any atom is -0.446 e. The maximum Gasteiger partial charge on any atom is 0.230 e. The molecule has 0 aliphatic carbocycles. The highest BCUT2D eigenvalue weighted by Crippen LogP contribution is 2.16. The lowest BCUT2D eigenvalue weighted by Crippen LogP contribution is -2.02. The molecular weight excluding hydrogens is 184 g/mol. The van der Waals surface area contributed by atoms with E-state index in [0.29, 0.717) is 0 Å². The van der Waals surface area contributed by atoms with Gasteiger partial charge >= 0.3 is 0 Å².